The molecule has 0 aliphatic carbocycles. The number of piperidine rings is 1. The summed E-state index contributed by atoms with van der Waals surface area (Å²) < 4.78 is 0. The lowest BCUT2D eigenvalue weighted by atomic mass is 9.94. The summed E-state index contributed by atoms with van der Waals surface area (Å²) in [6.45, 7) is 4.08. The van der Waals surface area contributed by atoms with Crippen LogP contribution in [0.4, 0.5) is 5.69 Å². The molecule has 1 saturated heterocycles. The molecule has 3 rings (SSSR count). The van der Waals surface area contributed by atoms with Gasteiger partial charge in [0.05, 0.1) is 0 Å². The quantitative estimate of drug-likeness (QED) is 0.685. The Morgan fingerprint density at radius 2 is 1.68 bits per heavy atom. The van der Waals surface area contributed by atoms with Crippen molar-refractivity contribution in [2.24, 2.45) is 5.92 Å². The van der Waals surface area contributed by atoms with Crippen LogP contribution in [0.25, 0.3) is 0 Å². The molecule has 1 aliphatic heterocycles. The van der Waals surface area contributed by atoms with E-state index in [-0.39, 0.29) is 17.7 Å². The first kappa shape index (κ1) is 20.4. The smallest absolute Gasteiger partial charge is 0.253 e. The number of carbonyl (C=O) groups excluding carboxylic acids is 2. The molecule has 0 spiro atoms. The number of carbonyl (C=O) groups is 2. The molecule has 28 heavy (non-hydrogen) atoms. The Bertz CT molecular complexity index is 784. The molecule has 0 bridgehead atoms. The van der Waals surface area contributed by atoms with E-state index in [0.717, 1.165) is 25.1 Å². The highest BCUT2D eigenvalue weighted by Gasteiger charge is 2.31. The number of likely N-dealkylation sites (tertiary alicyclic amines) is 1. The second-order valence-corrected chi connectivity index (χ2v) is 7.69. The molecular weight excluding hydrogens is 372 g/mol. The van der Waals surface area contributed by atoms with Gasteiger partial charge in [-0.3, -0.25) is 9.59 Å². The Labute approximate surface area is 172 Å². The van der Waals surface area contributed by atoms with Crippen molar-refractivity contribution >= 4 is 29.1 Å². The Hall–Kier alpha value is -2.33. The molecule has 4 nitrogen and oxygen atoms in total. The lowest BCUT2D eigenvalue weighted by Crippen LogP contribution is -2.44. The molecule has 0 unspecified atom stereocenters. The summed E-state index contributed by atoms with van der Waals surface area (Å²) in [6.07, 6.45) is 3.43. The fourth-order valence-electron chi connectivity index (χ4n) is 3.62. The molecule has 1 heterocycles. The lowest BCUT2D eigenvalue weighted by Gasteiger charge is -2.34. The number of benzene rings is 2. The molecule has 5 heteroatoms. The number of hydrogen-bond donors (Lipinski definition) is 0. The average Bonchev–Trinajstić information content (AvgIpc) is 2.75. The highest BCUT2D eigenvalue weighted by molar-refractivity contribution is 6.30. The van der Waals surface area contributed by atoms with E-state index in [1.807, 2.05) is 40.1 Å². The van der Waals surface area contributed by atoms with Crippen molar-refractivity contribution in [3.63, 3.8) is 0 Å². The van der Waals surface area contributed by atoms with E-state index in [1.54, 1.807) is 24.3 Å². The summed E-state index contributed by atoms with van der Waals surface area (Å²) in [5.74, 6) is 0.151. The average molecular weight is 399 g/mol. The van der Waals surface area contributed by atoms with Gasteiger partial charge in [-0.2, -0.15) is 0 Å². The van der Waals surface area contributed by atoms with E-state index in [2.05, 4.69) is 6.92 Å². The van der Waals surface area contributed by atoms with Crippen LogP contribution in [0.5, 0.6) is 0 Å². The van der Waals surface area contributed by atoms with Gasteiger partial charge in [-0.1, -0.05) is 43.1 Å². The van der Waals surface area contributed by atoms with Crippen LogP contribution in [-0.2, 0) is 4.79 Å². The largest absolute Gasteiger partial charge is 0.339 e. The standard InChI is InChI=1S/C23H27ClN2O2/c1-2-3-15-26(21-7-5-4-6-8-21)23(28)19-13-16-25(17-14-19)22(27)18-9-11-20(24)12-10-18/h4-12,19H,2-3,13-17H2,1H3. The van der Waals surface area contributed by atoms with Crippen molar-refractivity contribution < 1.29 is 9.59 Å². The van der Waals surface area contributed by atoms with E-state index in [1.165, 1.54) is 0 Å². The lowest BCUT2D eigenvalue weighted by molar-refractivity contribution is -0.123. The third-order valence-corrected chi connectivity index (χ3v) is 5.54. The molecule has 0 saturated carbocycles. The molecule has 1 aliphatic rings. The molecular formula is C23H27ClN2O2. The van der Waals surface area contributed by atoms with Crippen molar-refractivity contribution in [2.45, 2.75) is 32.6 Å². The van der Waals surface area contributed by atoms with Crippen molar-refractivity contribution in [1.29, 1.82) is 0 Å². The van der Waals surface area contributed by atoms with E-state index < -0.39 is 0 Å². The third kappa shape index (κ3) is 4.93. The summed E-state index contributed by atoms with van der Waals surface area (Å²) >= 11 is 5.91. The predicted molar refractivity (Wildman–Crippen MR) is 114 cm³/mol. The molecule has 0 radical (unpaired) electrons. The van der Waals surface area contributed by atoms with Gasteiger partial charge in [-0.25, -0.2) is 0 Å². The van der Waals surface area contributed by atoms with Gasteiger partial charge >= 0.3 is 0 Å². The van der Waals surface area contributed by atoms with E-state index in [9.17, 15) is 9.59 Å². The summed E-state index contributed by atoms with van der Waals surface area (Å²) in [7, 11) is 0. The Balaban J connectivity index is 1.63. The van der Waals surface area contributed by atoms with Gasteiger partial charge in [0.1, 0.15) is 0 Å². The fraction of sp³-hybridized carbons (Fsp3) is 0.391. The van der Waals surface area contributed by atoms with Crippen LogP contribution >= 0.6 is 11.6 Å². The summed E-state index contributed by atoms with van der Waals surface area (Å²) in [5, 5.41) is 0.619. The zero-order valence-electron chi connectivity index (χ0n) is 16.3. The van der Waals surface area contributed by atoms with E-state index >= 15 is 0 Å². The Morgan fingerprint density at radius 3 is 2.29 bits per heavy atom. The zero-order chi connectivity index (χ0) is 19.9. The SMILES string of the molecule is CCCCN(C(=O)C1CCN(C(=O)c2ccc(Cl)cc2)CC1)c1ccccc1. The van der Waals surface area contributed by atoms with Crippen LogP contribution in [0, 0.1) is 5.92 Å². The van der Waals surface area contributed by atoms with Gasteiger partial charge in [0.2, 0.25) is 5.91 Å². The first-order valence-electron chi connectivity index (χ1n) is 10.0. The monoisotopic (exact) mass is 398 g/mol. The van der Waals surface area contributed by atoms with Crippen molar-refractivity contribution in [1.82, 2.24) is 4.90 Å². The number of unbranched alkanes of at least 4 members (excludes halogenated alkanes) is 1. The highest BCUT2D eigenvalue weighted by atomic mass is 35.5. The second-order valence-electron chi connectivity index (χ2n) is 7.25. The van der Waals surface area contributed by atoms with Crippen LogP contribution in [-0.4, -0.2) is 36.3 Å². The maximum Gasteiger partial charge on any atom is 0.253 e. The van der Waals surface area contributed by atoms with Crippen molar-refractivity contribution in [3.8, 4) is 0 Å². The first-order chi connectivity index (χ1) is 13.6. The van der Waals surface area contributed by atoms with Gasteiger partial charge in [-0.15, -0.1) is 0 Å². The molecule has 2 aromatic rings. The zero-order valence-corrected chi connectivity index (χ0v) is 17.1. The Morgan fingerprint density at radius 1 is 1.04 bits per heavy atom. The number of anilines is 1. The summed E-state index contributed by atoms with van der Waals surface area (Å²) in [5.41, 5.74) is 1.60. The number of nitrogens with zero attached hydrogens (tertiary/aromatic N) is 2. The fourth-order valence-corrected chi connectivity index (χ4v) is 3.74. The van der Waals surface area contributed by atoms with Crippen LogP contribution in [0.3, 0.4) is 0 Å². The Kier molecular flexibility index (Phi) is 7.10. The van der Waals surface area contributed by atoms with Crippen LogP contribution in [0.15, 0.2) is 54.6 Å². The number of amides is 2. The minimum absolute atomic E-state index is 0.00784. The molecule has 1 fully saturated rings. The third-order valence-electron chi connectivity index (χ3n) is 5.29. The van der Waals surface area contributed by atoms with Gasteiger partial charge < -0.3 is 9.80 Å². The molecule has 2 aromatic carbocycles. The first-order valence-corrected chi connectivity index (χ1v) is 10.4. The highest BCUT2D eigenvalue weighted by Crippen LogP contribution is 2.25. The van der Waals surface area contributed by atoms with Gasteiger partial charge in [0, 0.05) is 41.8 Å². The normalized spacial score (nSPS) is 14.7. The van der Waals surface area contributed by atoms with Crippen LogP contribution in [0.1, 0.15) is 43.0 Å². The summed E-state index contributed by atoms with van der Waals surface area (Å²) in [4.78, 5) is 29.6. The van der Waals surface area contributed by atoms with Crippen molar-refractivity contribution in [2.75, 3.05) is 24.5 Å². The number of hydrogen-bond acceptors (Lipinski definition) is 2. The van der Waals surface area contributed by atoms with Gasteiger partial charge in [0.25, 0.3) is 5.91 Å². The van der Waals surface area contributed by atoms with Crippen LogP contribution in [0.2, 0.25) is 5.02 Å². The van der Waals surface area contributed by atoms with E-state index in [4.69, 9.17) is 11.6 Å². The van der Waals surface area contributed by atoms with Crippen molar-refractivity contribution in [3.05, 3.63) is 65.2 Å². The van der Waals surface area contributed by atoms with Gasteiger partial charge in [-0.05, 0) is 55.7 Å². The van der Waals surface area contributed by atoms with E-state index in [0.29, 0.717) is 36.5 Å². The minimum Gasteiger partial charge on any atom is -0.339 e. The second kappa shape index (κ2) is 9.74. The molecule has 0 atom stereocenters. The molecule has 2 amide bonds. The molecule has 0 N–H and O–H groups in total. The predicted octanol–water partition coefficient (Wildman–Crippen LogP) is 5.03. The topological polar surface area (TPSA) is 40.6 Å². The molecule has 148 valence electrons. The van der Waals surface area contributed by atoms with Crippen LogP contribution < -0.4 is 4.90 Å². The van der Waals surface area contributed by atoms with Gasteiger partial charge in [0.15, 0.2) is 0 Å². The number of para-hydroxylation sites is 1. The maximum absolute atomic E-state index is 13.2. The molecule has 0 aromatic heterocycles. The minimum atomic E-state index is -0.0358. The summed E-state index contributed by atoms with van der Waals surface area (Å²) in [6, 6.07) is 16.9. The maximum atomic E-state index is 13.2. The number of halogens is 1. The number of rotatable bonds is 6.